The Morgan fingerprint density at radius 2 is 1.87 bits per heavy atom. The lowest BCUT2D eigenvalue weighted by atomic mass is 10.1. The van der Waals surface area contributed by atoms with Gasteiger partial charge in [0, 0.05) is 17.8 Å². The highest BCUT2D eigenvalue weighted by Crippen LogP contribution is 2.23. The molecule has 0 unspecified atom stereocenters. The van der Waals surface area contributed by atoms with E-state index in [9.17, 15) is 13.2 Å². The smallest absolute Gasteiger partial charge is 0.269 e. The van der Waals surface area contributed by atoms with Crippen LogP contribution >= 0.6 is 0 Å². The summed E-state index contributed by atoms with van der Waals surface area (Å²) in [6.45, 7) is 1.46. The van der Waals surface area contributed by atoms with Gasteiger partial charge in [0.05, 0.1) is 4.90 Å². The molecule has 3 rings (SSSR count). The molecule has 23 heavy (non-hydrogen) atoms. The predicted molar refractivity (Wildman–Crippen MR) is 88.5 cm³/mol. The summed E-state index contributed by atoms with van der Waals surface area (Å²) in [7, 11) is -3.71. The van der Waals surface area contributed by atoms with Crippen LogP contribution in [0, 0.1) is 0 Å². The van der Waals surface area contributed by atoms with Gasteiger partial charge >= 0.3 is 0 Å². The molecule has 5 nitrogen and oxygen atoms in total. The van der Waals surface area contributed by atoms with Crippen molar-refractivity contribution in [3.05, 3.63) is 66.5 Å². The number of nitrogens with zero attached hydrogens (tertiary/aromatic N) is 2. The second-order valence-corrected chi connectivity index (χ2v) is 6.83. The molecule has 0 fully saturated rings. The van der Waals surface area contributed by atoms with Crippen LogP contribution < -0.4 is 0 Å². The molecule has 0 N–H and O–H groups in total. The summed E-state index contributed by atoms with van der Waals surface area (Å²) in [6, 6.07) is 11.6. The van der Waals surface area contributed by atoms with Crippen LogP contribution in [-0.4, -0.2) is 23.2 Å². The number of aromatic nitrogens is 2. The summed E-state index contributed by atoms with van der Waals surface area (Å²) in [6.07, 6.45) is 6.11. The number of benzene rings is 1. The van der Waals surface area contributed by atoms with Crippen LogP contribution in [0.3, 0.4) is 0 Å². The molecule has 116 valence electrons. The number of allylic oxidation sites excluding steroid dienone is 1. The van der Waals surface area contributed by atoms with Crippen molar-refractivity contribution in [3.63, 3.8) is 0 Å². The van der Waals surface area contributed by atoms with Gasteiger partial charge in [-0.1, -0.05) is 24.3 Å². The lowest BCUT2D eigenvalue weighted by Crippen LogP contribution is -2.12. The maximum absolute atomic E-state index is 12.7. The molecule has 0 aliphatic rings. The highest BCUT2D eigenvalue weighted by molar-refractivity contribution is 7.90. The van der Waals surface area contributed by atoms with E-state index in [4.69, 9.17) is 0 Å². The summed E-state index contributed by atoms with van der Waals surface area (Å²) in [5, 5.41) is 0.671. The number of hydrogen-bond donors (Lipinski definition) is 0. The highest BCUT2D eigenvalue weighted by Gasteiger charge is 2.19. The number of pyridine rings is 1. The first-order valence-electron chi connectivity index (χ1n) is 6.95. The first-order valence-corrected chi connectivity index (χ1v) is 8.39. The summed E-state index contributed by atoms with van der Waals surface area (Å²) in [5.74, 6) is -0.0775. The van der Waals surface area contributed by atoms with Crippen molar-refractivity contribution in [1.82, 2.24) is 8.96 Å². The Balaban J connectivity index is 2.18. The lowest BCUT2D eigenvalue weighted by molar-refractivity contribution is -0.112. The first-order chi connectivity index (χ1) is 11.0. The average Bonchev–Trinajstić information content (AvgIpc) is 2.99. The molecule has 0 saturated heterocycles. The number of fused-ring (bicyclic) bond motifs is 1. The minimum absolute atomic E-state index is 0.0775. The van der Waals surface area contributed by atoms with Crippen LogP contribution in [0.4, 0.5) is 0 Å². The fraction of sp³-hybridized carbons (Fsp3) is 0.0588. The standard InChI is InChI=1S/C17H14N2O3S/c1-13(20)7-8-14-9-11-18-17-16(14)10-12-19(17)23(21,22)15-5-3-2-4-6-15/h2-12H,1H3. The van der Waals surface area contributed by atoms with Crippen molar-refractivity contribution in [2.24, 2.45) is 0 Å². The van der Waals surface area contributed by atoms with Crippen molar-refractivity contribution < 1.29 is 13.2 Å². The normalized spacial score (nSPS) is 12.0. The molecule has 0 amide bonds. The molecule has 0 spiro atoms. The van der Waals surface area contributed by atoms with E-state index in [0.29, 0.717) is 11.0 Å². The SMILES string of the molecule is CC(=O)C=Cc1ccnc2c1ccn2S(=O)(=O)c1ccccc1. The van der Waals surface area contributed by atoms with Gasteiger partial charge in [0.1, 0.15) is 0 Å². The van der Waals surface area contributed by atoms with E-state index in [-0.39, 0.29) is 10.7 Å². The van der Waals surface area contributed by atoms with Crippen LogP contribution in [0.25, 0.3) is 17.1 Å². The monoisotopic (exact) mass is 326 g/mol. The zero-order chi connectivity index (χ0) is 16.4. The third-order valence-electron chi connectivity index (χ3n) is 3.39. The van der Waals surface area contributed by atoms with Crippen LogP contribution in [-0.2, 0) is 14.8 Å². The fourth-order valence-corrected chi connectivity index (χ4v) is 3.61. The van der Waals surface area contributed by atoms with Crippen LogP contribution in [0.5, 0.6) is 0 Å². The van der Waals surface area contributed by atoms with Gasteiger partial charge in [-0.25, -0.2) is 17.4 Å². The summed E-state index contributed by atoms with van der Waals surface area (Å²) in [5.41, 5.74) is 1.08. The van der Waals surface area contributed by atoms with Crippen molar-refractivity contribution in [1.29, 1.82) is 0 Å². The minimum atomic E-state index is -3.71. The highest BCUT2D eigenvalue weighted by atomic mass is 32.2. The van der Waals surface area contributed by atoms with Crippen LogP contribution in [0.15, 0.2) is 65.8 Å². The van der Waals surface area contributed by atoms with Gasteiger partial charge in [-0.05, 0) is 42.8 Å². The Morgan fingerprint density at radius 3 is 2.57 bits per heavy atom. The molecule has 0 atom stereocenters. The predicted octanol–water partition coefficient (Wildman–Crippen LogP) is 2.88. The molecule has 0 radical (unpaired) electrons. The number of carbonyl (C=O) groups is 1. The van der Waals surface area contributed by atoms with Gasteiger partial charge in [-0.3, -0.25) is 4.79 Å². The second-order valence-electron chi connectivity index (χ2n) is 5.01. The van der Waals surface area contributed by atoms with E-state index in [1.807, 2.05) is 0 Å². The summed E-state index contributed by atoms with van der Waals surface area (Å²) < 4.78 is 26.6. The molecule has 0 bridgehead atoms. The van der Waals surface area contributed by atoms with Gasteiger partial charge in [0.25, 0.3) is 10.0 Å². The van der Waals surface area contributed by atoms with E-state index < -0.39 is 10.0 Å². The van der Waals surface area contributed by atoms with Crippen LogP contribution in [0.1, 0.15) is 12.5 Å². The molecular weight excluding hydrogens is 312 g/mol. The number of rotatable bonds is 4. The van der Waals surface area contributed by atoms with Gasteiger partial charge in [0.2, 0.25) is 0 Å². The van der Waals surface area contributed by atoms with Crippen molar-refractivity contribution in [3.8, 4) is 0 Å². The van der Waals surface area contributed by atoms with E-state index >= 15 is 0 Å². The Bertz CT molecular complexity index is 1000. The Hall–Kier alpha value is -2.73. The number of ketones is 1. The van der Waals surface area contributed by atoms with Gasteiger partial charge < -0.3 is 0 Å². The van der Waals surface area contributed by atoms with Crippen molar-refractivity contribution in [2.75, 3.05) is 0 Å². The first kappa shape index (κ1) is 15.2. The third-order valence-corrected chi connectivity index (χ3v) is 5.07. The Labute approximate surface area is 134 Å². The minimum Gasteiger partial charge on any atom is -0.295 e. The molecule has 0 saturated carbocycles. The summed E-state index contributed by atoms with van der Waals surface area (Å²) >= 11 is 0. The van der Waals surface area contributed by atoms with Crippen LogP contribution in [0.2, 0.25) is 0 Å². The Kier molecular flexibility index (Phi) is 3.83. The maximum Gasteiger partial charge on any atom is 0.269 e. The molecule has 1 aromatic carbocycles. The molecular formula is C17H14N2O3S. The number of hydrogen-bond acceptors (Lipinski definition) is 4. The largest absolute Gasteiger partial charge is 0.295 e. The van der Waals surface area contributed by atoms with Gasteiger partial charge in [0.15, 0.2) is 11.4 Å². The topological polar surface area (TPSA) is 69.0 Å². The zero-order valence-electron chi connectivity index (χ0n) is 12.4. The van der Waals surface area contributed by atoms with Crippen molar-refractivity contribution in [2.45, 2.75) is 11.8 Å². The fourth-order valence-electron chi connectivity index (χ4n) is 2.29. The van der Waals surface area contributed by atoms with E-state index in [0.717, 1.165) is 9.54 Å². The molecule has 6 heteroatoms. The van der Waals surface area contributed by atoms with E-state index in [1.54, 1.807) is 48.5 Å². The maximum atomic E-state index is 12.7. The van der Waals surface area contributed by atoms with Gasteiger partial charge in [-0.15, -0.1) is 0 Å². The van der Waals surface area contributed by atoms with E-state index in [2.05, 4.69) is 4.98 Å². The van der Waals surface area contributed by atoms with Crippen molar-refractivity contribution >= 4 is 32.9 Å². The third kappa shape index (κ3) is 2.80. The molecule has 0 aliphatic carbocycles. The Morgan fingerprint density at radius 1 is 1.13 bits per heavy atom. The lowest BCUT2D eigenvalue weighted by Gasteiger charge is -2.07. The number of carbonyl (C=O) groups excluding carboxylic acids is 1. The molecule has 0 aliphatic heterocycles. The molecule has 3 aromatic rings. The molecule has 2 heterocycles. The van der Waals surface area contributed by atoms with E-state index in [1.165, 1.54) is 25.4 Å². The zero-order valence-corrected chi connectivity index (χ0v) is 13.2. The molecule has 2 aromatic heterocycles. The summed E-state index contributed by atoms with van der Waals surface area (Å²) in [4.78, 5) is 15.5. The quantitative estimate of drug-likeness (QED) is 0.691. The van der Waals surface area contributed by atoms with Gasteiger partial charge in [-0.2, -0.15) is 0 Å². The second kappa shape index (κ2) is 5.81. The average molecular weight is 326 g/mol.